The predicted molar refractivity (Wildman–Crippen MR) is 170 cm³/mol. The Bertz CT molecular complexity index is 1010. The first kappa shape index (κ1) is 33.8. The summed E-state index contributed by atoms with van der Waals surface area (Å²) in [5.74, 6) is 1.65. The molecule has 0 N–H and O–H groups in total. The fourth-order valence-electron chi connectivity index (χ4n) is 7.52. The highest BCUT2D eigenvalue weighted by molar-refractivity contribution is 5.78. The molecule has 6 nitrogen and oxygen atoms in total. The first-order valence-corrected chi connectivity index (χ1v) is 16.8. The maximum absolute atomic E-state index is 13.6. The molecular weight excluding hydrogens is 551 g/mol. The molecule has 0 radical (unpaired) electrons. The molecular formula is C34H54F3N5O. The van der Waals surface area contributed by atoms with Crippen LogP contribution in [-0.2, 0) is 11.3 Å². The molecule has 1 saturated heterocycles. The maximum Gasteiger partial charge on any atom is 0.401 e. The lowest BCUT2D eigenvalue weighted by Gasteiger charge is -2.37. The summed E-state index contributed by atoms with van der Waals surface area (Å²) in [5, 5.41) is 0. The zero-order valence-electron chi connectivity index (χ0n) is 26.6. The summed E-state index contributed by atoms with van der Waals surface area (Å²) in [6.45, 7) is 12.5. The van der Waals surface area contributed by atoms with Crippen LogP contribution in [0.15, 0.2) is 23.2 Å². The molecule has 0 aromatic heterocycles. The Morgan fingerprint density at radius 3 is 2.21 bits per heavy atom. The molecule has 1 heterocycles. The van der Waals surface area contributed by atoms with Gasteiger partial charge >= 0.3 is 6.18 Å². The highest BCUT2D eigenvalue weighted by Crippen LogP contribution is 2.36. The molecule has 0 spiro atoms. The van der Waals surface area contributed by atoms with E-state index in [4.69, 9.17) is 0 Å². The molecule has 1 amide bonds. The van der Waals surface area contributed by atoms with E-state index in [9.17, 15) is 18.0 Å². The Balaban J connectivity index is 1.47. The highest BCUT2D eigenvalue weighted by Gasteiger charge is 2.32. The third-order valence-corrected chi connectivity index (χ3v) is 10.1. The van der Waals surface area contributed by atoms with Gasteiger partial charge < -0.3 is 9.80 Å². The van der Waals surface area contributed by atoms with Gasteiger partial charge in [0.05, 0.1) is 17.9 Å². The number of benzene rings is 1. The third-order valence-electron chi connectivity index (χ3n) is 10.1. The molecule has 3 aliphatic rings. The number of piperazine rings is 1. The van der Waals surface area contributed by atoms with Crippen molar-refractivity contribution in [2.45, 2.75) is 103 Å². The number of carbonyl (C=O) groups is 1. The summed E-state index contributed by atoms with van der Waals surface area (Å²) in [5.41, 5.74) is 2.97. The normalized spacial score (nSPS) is 22.8. The van der Waals surface area contributed by atoms with Gasteiger partial charge in [0.2, 0.25) is 5.91 Å². The first-order chi connectivity index (χ1) is 20.7. The van der Waals surface area contributed by atoms with Gasteiger partial charge in [-0.1, -0.05) is 51.5 Å². The van der Waals surface area contributed by atoms with Crippen molar-refractivity contribution in [2.24, 2.45) is 16.8 Å². The van der Waals surface area contributed by atoms with Crippen LogP contribution in [0.3, 0.4) is 0 Å². The van der Waals surface area contributed by atoms with Gasteiger partial charge in [0.15, 0.2) is 0 Å². The molecule has 0 unspecified atom stereocenters. The minimum Gasteiger partial charge on any atom is -0.369 e. The number of hydrogen-bond acceptors (Lipinski definition) is 5. The predicted octanol–water partition coefficient (Wildman–Crippen LogP) is 7.29. The van der Waals surface area contributed by atoms with Gasteiger partial charge in [0.1, 0.15) is 0 Å². The molecule has 4 rings (SSSR count). The van der Waals surface area contributed by atoms with Crippen molar-refractivity contribution in [3.63, 3.8) is 0 Å². The molecule has 43 heavy (non-hydrogen) atoms. The van der Waals surface area contributed by atoms with E-state index in [1.54, 1.807) is 0 Å². The van der Waals surface area contributed by atoms with Gasteiger partial charge in [0.25, 0.3) is 0 Å². The molecule has 1 aromatic rings. The van der Waals surface area contributed by atoms with Crippen molar-refractivity contribution in [3.8, 4) is 0 Å². The van der Waals surface area contributed by atoms with Crippen LogP contribution >= 0.6 is 0 Å². The number of amides is 1. The largest absolute Gasteiger partial charge is 0.401 e. The van der Waals surface area contributed by atoms with Crippen LogP contribution < -0.4 is 4.90 Å². The quantitative estimate of drug-likeness (QED) is 0.222. The smallest absolute Gasteiger partial charge is 0.369 e. The topological polar surface area (TPSA) is 42.4 Å². The number of anilines is 1. The highest BCUT2D eigenvalue weighted by atomic mass is 19.4. The lowest BCUT2D eigenvalue weighted by atomic mass is 9.80. The van der Waals surface area contributed by atoms with Crippen LogP contribution in [0.2, 0.25) is 0 Å². The zero-order valence-corrected chi connectivity index (χ0v) is 26.6. The van der Waals surface area contributed by atoms with Crippen molar-refractivity contribution < 1.29 is 18.0 Å². The van der Waals surface area contributed by atoms with Crippen LogP contribution in [0.1, 0.15) is 90.0 Å². The Kier molecular flexibility index (Phi) is 12.8. The van der Waals surface area contributed by atoms with E-state index < -0.39 is 12.7 Å². The Labute approximate surface area is 257 Å². The number of halogens is 3. The molecule has 0 atom stereocenters. The van der Waals surface area contributed by atoms with Gasteiger partial charge in [-0.25, -0.2) is 0 Å². The lowest BCUT2D eigenvalue weighted by Crippen LogP contribution is -2.48. The van der Waals surface area contributed by atoms with Gasteiger partial charge in [-0.3, -0.25) is 19.6 Å². The number of rotatable bonds is 13. The van der Waals surface area contributed by atoms with Gasteiger partial charge in [0, 0.05) is 64.8 Å². The monoisotopic (exact) mass is 605 g/mol. The standard InChI is InChI=1S/C34H54F3N5O/c1-4-27-11-13-28(14-12-27)25-41(18-17-33(43)42(5-2)30-9-7-6-8-10-30)32-23-29(15-16-31(32)38-3)24-39-19-21-40(22-20-39)26-34(35,36)37/h15-16,23,27-28,30H,3-14,17-22,24-26H2,1-2H3/t27-,28-. The van der Waals surface area contributed by atoms with Crippen LogP contribution in [-0.4, -0.2) is 91.9 Å². The van der Waals surface area contributed by atoms with E-state index in [2.05, 4.69) is 52.4 Å². The first-order valence-electron chi connectivity index (χ1n) is 16.8. The second kappa shape index (κ2) is 16.3. The van der Waals surface area contributed by atoms with Crippen molar-refractivity contribution >= 4 is 24.0 Å². The minimum atomic E-state index is -4.16. The molecule has 0 bridgehead atoms. The minimum absolute atomic E-state index is 0.245. The molecule has 2 aliphatic carbocycles. The maximum atomic E-state index is 13.6. The number of carbonyl (C=O) groups excluding carboxylic acids is 1. The van der Waals surface area contributed by atoms with Crippen molar-refractivity contribution in [1.82, 2.24) is 14.7 Å². The van der Waals surface area contributed by atoms with Crippen LogP contribution in [0.5, 0.6) is 0 Å². The van der Waals surface area contributed by atoms with E-state index in [1.165, 1.54) is 56.3 Å². The molecule has 2 saturated carbocycles. The lowest BCUT2D eigenvalue weighted by molar-refractivity contribution is -0.149. The average molecular weight is 606 g/mol. The Morgan fingerprint density at radius 2 is 1.60 bits per heavy atom. The van der Waals surface area contributed by atoms with Crippen LogP contribution in [0.25, 0.3) is 0 Å². The van der Waals surface area contributed by atoms with Crippen molar-refractivity contribution in [1.29, 1.82) is 0 Å². The van der Waals surface area contributed by atoms with Gasteiger partial charge in [-0.2, -0.15) is 13.2 Å². The molecule has 3 fully saturated rings. The Hall–Kier alpha value is -2.13. The van der Waals surface area contributed by atoms with E-state index in [-0.39, 0.29) is 5.91 Å². The fraction of sp³-hybridized carbons (Fsp3) is 0.765. The second-order valence-electron chi connectivity index (χ2n) is 13.1. The van der Waals surface area contributed by atoms with E-state index in [0.717, 1.165) is 48.8 Å². The summed E-state index contributed by atoms with van der Waals surface area (Å²) in [7, 11) is 0. The van der Waals surface area contributed by atoms with E-state index in [0.29, 0.717) is 57.6 Å². The van der Waals surface area contributed by atoms with E-state index in [1.807, 2.05) is 6.07 Å². The van der Waals surface area contributed by atoms with Crippen LogP contribution in [0.4, 0.5) is 24.5 Å². The van der Waals surface area contributed by atoms with Crippen molar-refractivity contribution in [2.75, 3.05) is 57.3 Å². The molecule has 1 aromatic carbocycles. The van der Waals surface area contributed by atoms with Gasteiger partial charge in [-0.15, -0.1) is 0 Å². The fourth-order valence-corrected chi connectivity index (χ4v) is 7.52. The summed E-state index contributed by atoms with van der Waals surface area (Å²) >= 11 is 0. The van der Waals surface area contributed by atoms with Gasteiger partial charge in [-0.05, 0) is 68.9 Å². The average Bonchev–Trinajstić information content (AvgIpc) is 3.00. The molecule has 242 valence electrons. The summed E-state index contributed by atoms with van der Waals surface area (Å²) in [4.78, 5) is 26.2. The van der Waals surface area contributed by atoms with Crippen molar-refractivity contribution in [3.05, 3.63) is 23.8 Å². The summed E-state index contributed by atoms with van der Waals surface area (Å²) < 4.78 is 38.6. The zero-order chi connectivity index (χ0) is 30.8. The number of nitrogens with zero attached hydrogens (tertiary/aromatic N) is 5. The van der Waals surface area contributed by atoms with E-state index >= 15 is 0 Å². The summed E-state index contributed by atoms with van der Waals surface area (Å²) in [6.07, 6.45) is 8.45. The molecule has 1 aliphatic heterocycles. The second-order valence-corrected chi connectivity index (χ2v) is 13.1. The SMILES string of the molecule is C=Nc1ccc(CN2CCN(CC(F)(F)F)CC2)cc1N(CCC(=O)N(CC)C1CCCCC1)C[C@H]1CC[C@H](CC)CC1. The number of hydrogen-bond donors (Lipinski definition) is 0. The third kappa shape index (κ3) is 10.2. The number of aliphatic imine (C=N–C) groups is 1. The molecule has 9 heteroatoms. The number of alkyl halides is 3. The Morgan fingerprint density at radius 1 is 0.953 bits per heavy atom. The van der Waals surface area contributed by atoms with Crippen LogP contribution in [0, 0.1) is 11.8 Å². The summed E-state index contributed by atoms with van der Waals surface area (Å²) in [6, 6.07) is 6.63.